The molecule has 0 saturated carbocycles. The Morgan fingerprint density at radius 3 is 2.30 bits per heavy atom. The SMILES string of the molecule is COc1c(C(=O)N(C)C)ccc2c1C(S(=O)(=O)c1ccccc1)CS2(=O)=O. The van der Waals surface area contributed by atoms with Crippen LogP contribution in [0.1, 0.15) is 21.2 Å². The van der Waals surface area contributed by atoms with Gasteiger partial charge in [0.2, 0.25) is 0 Å². The minimum atomic E-state index is -4.00. The lowest BCUT2D eigenvalue weighted by Gasteiger charge is -2.19. The first-order valence-electron chi connectivity index (χ1n) is 8.05. The number of ether oxygens (including phenoxy) is 1. The van der Waals surface area contributed by atoms with E-state index >= 15 is 0 Å². The highest BCUT2D eigenvalue weighted by Crippen LogP contribution is 2.47. The minimum absolute atomic E-state index is 0.0169. The molecule has 2 aromatic carbocycles. The number of rotatable bonds is 4. The van der Waals surface area contributed by atoms with Crippen LogP contribution in [0.5, 0.6) is 5.75 Å². The highest BCUT2D eigenvalue weighted by Gasteiger charge is 2.46. The summed E-state index contributed by atoms with van der Waals surface area (Å²) in [6.45, 7) is 0. The molecule has 0 fully saturated rings. The van der Waals surface area contributed by atoms with Crippen LogP contribution in [-0.4, -0.2) is 54.6 Å². The maximum Gasteiger partial charge on any atom is 0.257 e. The second kappa shape index (κ2) is 6.65. The normalized spacial score (nSPS) is 18.0. The van der Waals surface area contributed by atoms with E-state index in [1.165, 1.54) is 36.3 Å². The van der Waals surface area contributed by atoms with Crippen LogP contribution in [0.15, 0.2) is 52.3 Å². The molecule has 2 aromatic rings. The van der Waals surface area contributed by atoms with Gasteiger partial charge in [0.25, 0.3) is 5.91 Å². The fourth-order valence-electron chi connectivity index (χ4n) is 3.18. The smallest absolute Gasteiger partial charge is 0.257 e. The lowest BCUT2D eigenvalue weighted by atomic mass is 10.1. The Balaban J connectivity index is 2.30. The van der Waals surface area contributed by atoms with Gasteiger partial charge in [-0.1, -0.05) is 18.2 Å². The number of benzene rings is 2. The molecule has 0 aromatic heterocycles. The summed E-state index contributed by atoms with van der Waals surface area (Å²) in [7, 11) is -3.45. The van der Waals surface area contributed by atoms with Gasteiger partial charge in [0.05, 0.1) is 28.2 Å². The number of carbonyl (C=O) groups excluding carboxylic acids is 1. The van der Waals surface area contributed by atoms with E-state index in [1.54, 1.807) is 32.3 Å². The standard InChI is InChI=1S/C18H19NO6S2/c1-19(2)18(20)13-9-10-14-16(17(13)25-3)15(11-26(14,21)22)27(23,24)12-7-5-4-6-8-12/h4-10,15H,11H2,1-3H3. The Morgan fingerprint density at radius 2 is 1.74 bits per heavy atom. The van der Waals surface area contributed by atoms with Crippen molar-refractivity contribution in [2.45, 2.75) is 15.0 Å². The van der Waals surface area contributed by atoms with Crippen LogP contribution < -0.4 is 4.74 Å². The van der Waals surface area contributed by atoms with Crippen molar-refractivity contribution in [3.05, 3.63) is 53.6 Å². The van der Waals surface area contributed by atoms with Crippen molar-refractivity contribution in [2.24, 2.45) is 0 Å². The number of amides is 1. The quantitative estimate of drug-likeness (QED) is 0.762. The summed E-state index contributed by atoms with van der Waals surface area (Å²) < 4.78 is 56.9. The molecule has 3 rings (SSSR count). The van der Waals surface area contributed by atoms with E-state index in [4.69, 9.17) is 4.74 Å². The fourth-order valence-corrected chi connectivity index (χ4v) is 7.51. The van der Waals surface area contributed by atoms with Crippen molar-refractivity contribution in [3.63, 3.8) is 0 Å². The van der Waals surface area contributed by atoms with Gasteiger partial charge in [-0.3, -0.25) is 4.79 Å². The molecule has 1 aliphatic rings. The number of hydrogen-bond acceptors (Lipinski definition) is 6. The molecule has 1 heterocycles. The number of carbonyl (C=O) groups is 1. The summed E-state index contributed by atoms with van der Waals surface area (Å²) >= 11 is 0. The van der Waals surface area contributed by atoms with Gasteiger partial charge in [-0.05, 0) is 24.3 Å². The molecule has 0 aliphatic carbocycles. The molecule has 1 amide bonds. The predicted octanol–water partition coefficient (Wildman–Crippen LogP) is 1.70. The van der Waals surface area contributed by atoms with Crippen molar-refractivity contribution in [2.75, 3.05) is 27.0 Å². The zero-order valence-electron chi connectivity index (χ0n) is 15.0. The second-order valence-electron chi connectivity index (χ2n) is 6.39. The van der Waals surface area contributed by atoms with Crippen LogP contribution >= 0.6 is 0 Å². The molecule has 1 aliphatic heterocycles. The Bertz CT molecular complexity index is 1110. The van der Waals surface area contributed by atoms with E-state index in [2.05, 4.69) is 0 Å². The van der Waals surface area contributed by atoms with E-state index in [0.717, 1.165) is 0 Å². The molecule has 0 saturated heterocycles. The van der Waals surface area contributed by atoms with Crippen LogP contribution in [0.4, 0.5) is 0 Å². The first-order chi connectivity index (χ1) is 12.6. The van der Waals surface area contributed by atoms with Crippen LogP contribution in [0, 0.1) is 0 Å². The molecule has 7 nitrogen and oxygen atoms in total. The van der Waals surface area contributed by atoms with Gasteiger partial charge in [-0.15, -0.1) is 0 Å². The summed E-state index contributed by atoms with van der Waals surface area (Å²) in [5.41, 5.74) is 0.140. The molecular formula is C18H19NO6S2. The topological polar surface area (TPSA) is 97.8 Å². The van der Waals surface area contributed by atoms with Crippen LogP contribution in [0.25, 0.3) is 0 Å². The number of nitrogens with zero attached hydrogens (tertiary/aromatic N) is 1. The van der Waals surface area contributed by atoms with E-state index < -0.39 is 36.6 Å². The lowest BCUT2D eigenvalue weighted by Crippen LogP contribution is -2.23. The largest absolute Gasteiger partial charge is 0.496 e. The Kier molecular flexibility index (Phi) is 4.77. The van der Waals surface area contributed by atoms with Crippen molar-refractivity contribution in [3.8, 4) is 5.75 Å². The lowest BCUT2D eigenvalue weighted by molar-refractivity contribution is 0.0824. The van der Waals surface area contributed by atoms with E-state index in [0.29, 0.717) is 0 Å². The highest BCUT2D eigenvalue weighted by molar-refractivity contribution is 7.96. The molecule has 144 valence electrons. The molecule has 1 atom stereocenters. The first kappa shape index (κ1) is 19.4. The number of hydrogen-bond donors (Lipinski definition) is 0. The second-order valence-corrected chi connectivity index (χ2v) is 10.5. The molecule has 9 heteroatoms. The van der Waals surface area contributed by atoms with Gasteiger partial charge >= 0.3 is 0 Å². The summed E-state index contributed by atoms with van der Waals surface area (Å²) in [4.78, 5) is 13.7. The molecule has 27 heavy (non-hydrogen) atoms. The van der Waals surface area contributed by atoms with Crippen LogP contribution in [0.2, 0.25) is 0 Å². The first-order valence-corrected chi connectivity index (χ1v) is 11.3. The van der Waals surface area contributed by atoms with Gasteiger partial charge in [-0.2, -0.15) is 0 Å². The summed E-state index contributed by atoms with van der Waals surface area (Å²) in [5, 5.41) is -1.34. The van der Waals surface area contributed by atoms with E-state index in [9.17, 15) is 21.6 Å². The minimum Gasteiger partial charge on any atom is -0.496 e. The molecule has 0 spiro atoms. The highest BCUT2D eigenvalue weighted by atomic mass is 32.2. The van der Waals surface area contributed by atoms with Gasteiger partial charge < -0.3 is 9.64 Å². The van der Waals surface area contributed by atoms with Crippen molar-refractivity contribution in [1.82, 2.24) is 4.90 Å². The molecule has 0 radical (unpaired) electrons. The third kappa shape index (κ3) is 3.10. The molecular weight excluding hydrogens is 390 g/mol. The van der Waals surface area contributed by atoms with Gasteiger partial charge in [0.1, 0.15) is 11.0 Å². The zero-order valence-corrected chi connectivity index (χ0v) is 16.7. The Labute approximate surface area is 158 Å². The molecule has 0 bridgehead atoms. The third-order valence-corrected chi connectivity index (χ3v) is 8.56. The van der Waals surface area contributed by atoms with Gasteiger partial charge in [0, 0.05) is 19.7 Å². The Morgan fingerprint density at radius 1 is 1.11 bits per heavy atom. The third-order valence-electron chi connectivity index (χ3n) is 4.47. The van der Waals surface area contributed by atoms with Gasteiger partial charge in [0.15, 0.2) is 19.7 Å². The number of fused-ring (bicyclic) bond motifs is 1. The van der Waals surface area contributed by atoms with Gasteiger partial charge in [-0.25, -0.2) is 16.8 Å². The number of sulfone groups is 2. The number of methoxy groups -OCH3 is 1. The van der Waals surface area contributed by atoms with E-state index in [1.807, 2.05) is 0 Å². The summed E-state index contributed by atoms with van der Waals surface area (Å²) in [6.07, 6.45) is 0. The summed E-state index contributed by atoms with van der Waals surface area (Å²) in [6, 6.07) is 10.3. The molecule has 0 N–H and O–H groups in total. The van der Waals surface area contributed by atoms with Crippen LogP contribution in [0.3, 0.4) is 0 Å². The van der Waals surface area contributed by atoms with Crippen LogP contribution in [-0.2, 0) is 19.7 Å². The van der Waals surface area contributed by atoms with Crippen molar-refractivity contribution < 1.29 is 26.4 Å². The Hall–Kier alpha value is -2.39. The van der Waals surface area contributed by atoms with Crippen molar-refractivity contribution in [1.29, 1.82) is 0 Å². The average molecular weight is 409 g/mol. The predicted molar refractivity (Wildman–Crippen MR) is 99.4 cm³/mol. The van der Waals surface area contributed by atoms with Crippen molar-refractivity contribution >= 4 is 25.6 Å². The van der Waals surface area contributed by atoms with E-state index in [-0.39, 0.29) is 26.7 Å². The molecule has 1 unspecified atom stereocenters. The fraction of sp³-hybridized carbons (Fsp3) is 0.278. The average Bonchev–Trinajstić information content (AvgIpc) is 2.93. The monoisotopic (exact) mass is 409 g/mol. The summed E-state index contributed by atoms with van der Waals surface area (Å²) in [5.74, 6) is -1.01. The maximum absolute atomic E-state index is 13.2. The zero-order chi connectivity index (χ0) is 20.0. The maximum atomic E-state index is 13.2.